The van der Waals surface area contributed by atoms with Crippen molar-refractivity contribution in [2.24, 2.45) is 0 Å². The van der Waals surface area contributed by atoms with Crippen LogP contribution in [0.15, 0.2) is 36.9 Å². The number of fused-ring (bicyclic) bond motifs is 1. The van der Waals surface area contributed by atoms with Gasteiger partial charge in [0.05, 0.1) is 0 Å². The summed E-state index contributed by atoms with van der Waals surface area (Å²) in [6, 6.07) is 5.00. The van der Waals surface area contributed by atoms with Crippen LogP contribution in [0, 0.1) is 5.82 Å². The maximum absolute atomic E-state index is 13.2. The summed E-state index contributed by atoms with van der Waals surface area (Å²) in [4.78, 5) is 7.94. The zero-order valence-corrected chi connectivity index (χ0v) is 9.23. The summed E-state index contributed by atoms with van der Waals surface area (Å²) in [5.74, 6) is -0.180. The van der Waals surface area contributed by atoms with Crippen molar-refractivity contribution >= 4 is 11.6 Å². The van der Waals surface area contributed by atoms with Gasteiger partial charge in [0.15, 0.2) is 0 Å². The molecule has 0 N–H and O–H groups in total. The van der Waals surface area contributed by atoms with Crippen molar-refractivity contribution in [3.05, 3.63) is 59.4 Å². The third-order valence-corrected chi connectivity index (χ3v) is 3.00. The molecule has 1 aromatic carbocycles. The summed E-state index contributed by atoms with van der Waals surface area (Å²) in [5.41, 5.74) is 4.36. The van der Waals surface area contributed by atoms with E-state index in [0.29, 0.717) is 0 Å². The first kappa shape index (κ1) is 10.1. The van der Waals surface area contributed by atoms with Gasteiger partial charge in [0.25, 0.3) is 0 Å². The molecule has 0 saturated heterocycles. The minimum absolute atomic E-state index is 0.180. The molecule has 1 aliphatic rings. The molecule has 84 valence electrons. The second kappa shape index (κ2) is 4.09. The SMILES string of the molecule is Fc1ccc2c(c1)/C(=C/c1cncnc1)CC2. The zero-order valence-electron chi connectivity index (χ0n) is 9.23. The Morgan fingerprint density at radius 3 is 2.76 bits per heavy atom. The van der Waals surface area contributed by atoms with Gasteiger partial charge in [-0.3, -0.25) is 0 Å². The standard InChI is InChI=1S/C14H11FN2/c15-13-4-3-11-1-2-12(14(11)6-13)5-10-7-16-9-17-8-10/h3-9H,1-2H2/b12-5+. The molecule has 2 nitrogen and oxygen atoms in total. The molecule has 0 radical (unpaired) electrons. The molecular weight excluding hydrogens is 215 g/mol. The monoisotopic (exact) mass is 226 g/mol. The van der Waals surface area contributed by atoms with Crippen LogP contribution in [-0.4, -0.2) is 9.97 Å². The Labute approximate surface area is 98.9 Å². The summed E-state index contributed by atoms with van der Waals surface area (Å²) in [6.45, 7) is 0. The van der Waals surface area contributed by atoms with E-state index in [1.54, 1.807) is 18.5 Å². The summed E-state index contributed by atoms with van der Waals surface area (Å²) in [6.07, 6.45) is 8.99. The topological polar surface area (TPSA) is 25.8 Å². The molecule has 0 atom stereocenters. The molecule has 3 heteroatoms. The van der Waals surface area contributed by atoms with Gasteiger partial charge in [-0.25, -0.2) is 14.4 Å². The molecule has 0 spiro atoms. The highest BCUT2D eigenvalue weighted by molar-refractivity contribution is 5.85. The molecule has 2 aromatic rings. The van der Waals surface area contributed by atoms with Crippen molar-refractivity contribution in [2.45, 2.75) is 12.8 Å². The highest BCUT2D eigenvalue weighted by atomic mass is 19.1. The smallest absolute Gasteiger partial charge is 0.123 e. The van der Waals surface area contributed by atoms with Gasteiger partial charge >= 0.3 is 0 Å². The number of nitrogens with zero attached hydrogens (tertiary/aromatic N) is 2. The fraction of sp³-hybridized carbons (Fsp3) is 0.143. The van der Waals surface area contributed by atoms with Gasteiger partial charge in [0.2, 0.25) is 0 Å². The lowest BCUT2D eigenvalue weighted by Gasteiger charge is -2.01. The third-order valence-electron chi connectivity index (χ3n) is 3.00. The summed E-state index contributed by atoms with van der Waals surface area (Å²) >= 11 is 0. The first-order valence-electron chi connectivity index (χ1n) is 5.57. The van der Waals surface area contributed by atoms with E-state index in [-0.39, 0.29) is 5.82 Å². The number of allylic oxidation sites excluding steroid dienone is 1. The lowest BCUT2D eigenvalue weighted by Crippen LogP contribution is -1.84. The molecule has 0 unspecified atom stereocenters. The van der Waals surface area contributed by atoms with Crippen LogP contribution in [0.4, 0.5) is 4.39 Å². The molecule has 3 rings (SSSR count). The normalized spacial score (nSPS) is 16.2. The number of aromatic nitrogens is 2. The van der Waals surface area contributed by atoms with Crippen molar-refractivity contribution in [2.75, 3.05) is 0 Å². The molecule has 0 saturated carbocycles. The Bertz CT molecular complexity index is 576. The second-order valence-corrected chi connectivity index (χ2v) is 4.14. The van der Waals surface area contributed by atoms with Gasteiger partial charge in [0, 0.05) is 18.0 Å². The van der Waals surface area contributed by atoms with Crippen molar-refractivity contribution in [3.8, 4) is 0 Å². The first-order valence-corrected chi connectivity index (χ1v) is 5.57. The van der Waals surface area contributed by atoms with Gasteiger partial charge in [0.1, 0.15) is 12.1 Å². The van der Waals surface area contributed by atoms with Crippen LogP contribution in [0.5, 0.6) is 0 Å². The van der Waals surface area contributed by atoms with Crippen molar-refractivity contribution < 1.29 is 4.39 Å². The zero-order chi connectivity index (χ0) is 11.7. The maximum atomic E-state index is 13.2. The van der Waals surface area contributed by atoms with E-state index >= 15 is 0 Å². The van der Waals surface area contributed by atoms with Crippen LogP contribution in [0.2, 0.25) is 0 Å². The third kappa shape index (κ3) is 1.96. The number of hydrogen-bond donors (Lipinski definition) is 0. The summed E-state index contributed by atoms with van der Waals surface area (Å²) < 4.78 is 13.2. The van der Waals surface area contributed by atoms with Crippen LogP contribution in [0.3, 0.4) is 0 Å². The fourth-order valence-corrected chi connectivity index (χ4v) is 2.21. The molecule has 0 fully saturated rings. The molecule has 0 amide bonds. The van der Waals surface area contributed by atoms with E-state index in [1.807, 2.05) is 12.1 Å². The van der Waals surface area contributed by atoms with Crippen molar-refractivity contribution in [3.63, 3.8) is 0 Å². The lowest BCUT2D eigenvalue weighted by atomic mass is 10.1. The second-order valence-electron chi connectivity index (χ2n) is 4.14. The van der Waals surface area contributed by atoms with E-state index in [1.165, 1.54) is 18.0 Å². The van der Waals surface area contributed by atoms with Gasteiger partial charge in [-0.1, -0.05) is 6.07 Å². The number of halogens is 1. The Kier molecular flexibility index (Phi) is 2.44. The first-order chi connectivity index (χ1) is 8.33. The van der Waals surface area contributed by atoms with Crippen LogP contribution in [-0.2, 0) is 6.42 Å². The van der Waals surface area contributed by atoms with Crippen molar-refractivity contribution in [1.82, 2.24) is 9.97 Å². The molecule has 1 heterocycles. The largest absolute Gasteiger partial charge is 0.244 e. The highest BCUT2D eigenvalue weighted by Crippen LogP contribution is 2.33. The van der Waals surface area contributed by atoms with Crippen LogP contribution < -0.4 is 0 Å². The van der Waals surface area contributed by atoms with E-state index in [4.69, 9.17) is 0 Å². The molecule has 0 aliphatic heterocycles. The number of aryl methyl sites for hydroxylation is 1. The summed E-state index contributed by atoms with van der Waals surface area (Å²) in [5, 5.41) is 0. The minimum Gasteiger partial charge on any atom is -0.244 e. The summed E-state index contributed by atoms with van der Waals surface area (Å²) in [7, 11) is 0. The Hall–Kier alpha value is -2.03. The minimum atomic E-state index is -0.180. The lowest BCUT2D eigenvalue weighted by molar-refractivity contribution is 0.627. The van der Waals surface area contributed by atoms with E-state index in [0.717, 1.165) is 29.5 Å². The number of hydrogen-bond acceptors (Lipinski definition) is 2. The number of rotatable bonds is 1. The molecule has 0 bridgehead atoms. The van der Waals surface area contributed by atoms with Gasteiger partial charge in [-0.05, 0) is 47.8 Å². The van der Waals surface area contributed by atoms with Gasteiger partial charge in [-0.2, -0.15) is 0 Å². The predicted octanol–water partition coefficient (Wildman–Crippen LogP) is 3.10. The van der Waals surface area contributed by atoms with Gasteiger partial charge < -0.3 is 0 Å². The van der Waals surface area contributed by atoms with E-state index < -0.39 is 0 Å². The Morgan fingerprint density at radius 1 is 1.12 bits per heavy atom. The average Bonchev–Trinajstić information content (AvgIpc) is 2.73. The average molecular weight is 226 g/mol. The van der Waals surface area contributed by atoms with Crippen LogP contribution in [0.1, 0.15) is 23.1 Å². The van der Waals surface area contributed by atoms with E-state index in [2.05, 4.69) is 9.97 Å². The van der Waals surface area contributed by atoms with Gasteiger partial charge in [-0.15, -0.1) is 0 Å². The molecule has 1 aliphatic carbocycles. The maximum Gasteiger partial charge on any atom is 0.123 e. The van der Waals surface area contributed by atoms with Crippen LogP contribution in [0.25, 0.3) is 11.6 Å². The highest BCUT2D eigenvalue weighted by Gasteiger charge is 2.16. The molecule has 17 heavy (non-hydrogen) atoms. The molecular formula is C14H11FN2. The Balaban J connectivity index is 2.04. The molecule has 1 aromatic heterocycles. The Morgan fingerprint density at radius 2 is 1.94 bits per heavy atom. The quantitative estimate of drug-likeness (QED) is 0.746. The predicted molar refractivity (Wildman–Crippen MR) is 64.6 cm³/mol. The van der Waals surface area contributed by atoms with Crippen LogP contribution >= 0.6 is 0 Å². The fourth-order valence-electron chi connectivity index (χ4n) is 2.21. The van der Waals surface area contributed by atoms with Crippen molar-refractivity contribution in [1.29, 1.82) is 0 Å². The van der Waals surface area contributed by atoms with E-state index in [9.17, 15) is 4.39 Å². The number of benzene rings is 1.